The van der Waals surface area contributed by atoms with Gasteiger partial charge in [0.25, 0.3) is 5.56 Å². The minimum absolute atomic E-state index is 0.0368. The number of H-pyrrole nitrogens is 1. The first kappa shape index (κ1) is 19.8. The summed E-state index contributed by atoms with van der Waals surface area (Å²) in [6, 6.07) is 0. The molecule has 1 aromatic rings. The van der Waals surface area contributed by atoms with E-state index in [-0.39, 0.29) is 19.3 Å². The van der Waals surface area contributed by atoms with Crippen LogP contribution in [0.5, 0.6) is 0 Å². The fourth-order valence-corrected chi connectivity index (χ4v) is 2.49. The first-order chi connectivity index (χ1) is 12.3. The molecule has 3 atom stereocenters. The number of hydrogen-bond donors (Lipinski definition) is 1. The molecule has 1 aliphatic heterocycles. The summed E-state index contributed by atoms with van der Waals surface area (Å²) in [6.45, 7) is 3.59. The van der Waals surface area contributed by atoms with E-state index in [1.807, 2.05) is 4.98 Å². The van der Waals surface area contributed by atoms with Crippen molar-refractivity contribution in [3.05, 3.63) is 32.9 Å². The van der Waals surface area contributed by atoms with E-state index in [1.165, 1.54) is 0 Å². The van der Waals surface area contributed by atoms with E-state index in [0.29, 0.717) is 19.0 Å². The molecule has 1 aliphatic rings. The summed E-state index contributed by atoms with van der Waals surface area (Å²) in [5, 5.41) is 0. The van der Waals surface area contributed by atoms with Gasteiger partial charge in [-0.2, -0.15) is 4.39 Å². The van der Waals surface area contributed by atoms with Gasteiger partial charge in [0.1, 0.15) is 6.23 Å². The van der Waals surface area contributed by atoms with Gasteiger partial charge in [0.2, 0.25) is 12.1 Å². The lowest BCUT2D eigenvalue weighted by Gasteiger charge is -2.19. The lowest BCUT2D eigenvalue weighted by molar-refractivity contribution is -0.201. The molecule has 2 heterocycles. The molecule has 0 radical (unpaired) electrons. The van der Waals surface area contributed by atoms with Crippen LogP contribution in [0.3, 0.4) is 0 Å². The highest BCUT2D eigenvalue weighted by Crippen LogP contribution is 2.31. The number of carbonyl (C=O) groups excluding carboxylic acids is 2. The van der Waals surface area contributed by atoms with E-state index in [2.05, 4.69) is 0 Å². The largest absolute Gasteiger partial charge is 0.455 e. The standard InChI is InChI=1S/C16H21FN2O7/c1-3-5-12(20)24-10-7-11(25-15(10)26-13(21)6-4-2)19-8-9(17)14(22)18-16(19)23/h8,10-11,15H,3-7H2,1-2H3,(H,18,22,23). The van der Waals surface area contributed by atoms with Crippen molar-refractivity contribution in [2.24, 2.45) is 0 Å². The number of carbonyl (C=O) groups is 2. The average Bonchev–Trinajstić information content (AvgIpc) is 2.93. The summed E-state index contributed by atoms with van der Waals surface area (Å²) in [5.41, 5.74) is -2.04. The highest BCUT2D eigenvalue weighted by atomic mass is 19.1. The zero-order chi connectivity index (χ0) is 19.3. The Hall–Kier alpha value is -2.49. The predicted molar refractivity (Wildman–Crippen MR) is 85.6 cm³/mol. The fourth-order valence-electron chi connectivity index (χ4n) is 2.49. The number of nitrogens with one attached hydrogen (secondary N) is 1. The Labute approximate surface area is 148 Å². The molecule has 26 heavy (non-hydrogen) atoms. The zero-order valence-electron chi connectivity index (χ0n) is 14.5. The lowest BCUT2D eigenvalue weighted by Crippen LogP contribution is -2.34. The summed E-state index contributed by atoms with van der Waals surface area (Å²) in [6.07, 6.45) is -1.12. The van der Waals surface area contributed by atoms with Crippen molar-refractivity contribution in [2.75, 3.05) is 0 Å². The van der Waals surface area contributed by atoms with Crippen molar-refractivity contribution < 1.29 is 28.2 Å². The third-order valence-electron chi connectivity index (χ3n) is 3.70. The quantitative estimate of drug-likeness (QED) is 0.709. The number of hydrogen-bond acceptors (Lipinski definition) is 7. The molecule has 1 fully saturated rings. The predicted octanol–water partition coefficient (Wildman–Crippen LogP) is 0.976. The molecule has 1 N–H and O–H groups in total. The summed E-state index contributed by atoms with van der Waals surface area (Å²) in [7, 11) is 0. The first-order valence-corrected chi connectivity index (χ1v) is 8.41. The summed E-state index contributed by atoms with van der Waals surface area (Å²) in [5.74, 6) is -2.22. The average molecular weight is 372 g/mol. The number of ether oxygens (including phenoxy) is 3. The first-order valence-electron chi connectivity index (χ1n) is 8.41. The Morgan fingerprint density at radius 3 is 2.46 bits per heavy atom. The monoisotopic (exact) mass is 372 g/mol. The molecule has 1 saturated heterocycles. The maximum Gasteiger partial charge on any atom is 0.330 e. The SMILES string of the molecule is CCCC(=O)OC1CC(n2cc(F)c(=O)[nH]c2=O)OC1OC(=O)CCC. The molecule has 2 rings (SSSR count). The number of halogens is 1. The summed E-state index contributed by atoms with van der Waals surface area (Å²) < 4.78 is 30.2. The Kier molecular flexibility index (Phi) is 6.67. The second-order valence-electron chi connectivity index (χ2n) is 5.86. The van der Waals surface area contributed by atoms with Gasteiger partial charge in [-0.05, 0) is 12.8 Å². The molecule has 0 aliphatic carbocycles. The van der Waals surface area contributed by atoms with Crippen LogP contribution in [0, 0.1) is 5.82 Å². The summed E-state index contributed by atoms with van der Waals surface area (Å²) >= 11 is 0. The van der Waals surface area contributed by atoms with Crippen LogP contribution in [0.2, 0.25) is 0 Å². The number of nitrogens with zero attached hydrogens (tertiary/aromatic N) is 1. The van der Waals surface area contributed by atoms with Gasteiger partial charge in [0, 0.05) is 19.3 Å². The molecule has 0 aromatic carbocycles. The van der Waals surface area contributed by atoms with Crippen LogP contribution >= 0.6 is 0 Å². The Morgan fingerprint density at radius 2 is 1.85 bits per heavy atom. The topological polar surface area (TPSA) is 117 Å². The molecule has 0 amide bonds. The number of rotatable bonds is 7. The van der Waals surface area contributed by atoms with E-state index in [4.69, 9.17) is 14.2 Å². The van der Waals surface area contributed by atoms with Gasteiger partial charge in [0.15, 0.2) is 6.10 Å². The maximum atomic E-state index is 13.5. The molecule has 9 nitrogen and oxygen atoms in total. The fraction of sp³-hybridized carbons (Fsp3) is 0.625. The smallest absolute Gasteiger partial charge is 0.330 e. The van der Waals surface area contributed by atoms with Gasteiger partial charge in [-0.1, -0.05) is 13.8 Å². The van der Waals surface area contributed by atoms with Crippen LogP contribution in [-0.4, -0.2) is 33.9 Å². The van der Waals surface area contributed by atoms with E-state index in [0.717, 1.165) is 4.57 Å². The number of esters is 2. The van der Waals surface area contributed by atoms with Crippen LogP contribution in [0.15, 0.2) is 15.8 Å². The van der Waals surface area contributed by atoms with Gasteiger partial charge in [-0.15, -0.1) is 0 Å². The molecule has 10 heteroatoms. The van der Waals surface area contributed by atoms with Crippen molar-refractivity contribution in [3.63, 3.8) is 0 Å². The molecule has 3 unspecified atom stereocenters. The maximum absolute atomic E-state index is 13.5. The third kappa shape index (κ3) is 4.78. The molecule has 0 spiro atoms. The normalized spacial score (nSPS) is 22.2. The lowest BCUT2D eigenvalue weighted by atomic mass is 10.2. The van der Waals surface area contributed by atoms with E-state index < -0.39 is 47.6 Å². The molecular formula is C16H21FN2O7. The van der Waals surface area contributed by atoms with Gasteiger partial charge in [0.05, 0.1) is 6.20 Å². The van der Waals surface area contributed by atoms with E-state index in [1.54, 1.807) is 13.8 Å². The molecule has 1 aromatic heterocycles. The van der Waals surface area contributed by atoms with Crippen LogP contribution in [0.4, 0.5) is 4.39 Å². The minimum atomic E-state index is -1.22. The number of aromatic amines is 1. The molecule has 0 bridgehead atoms. The second-order valence-corrected chi connectivity index (χ2v) is 5.86. The highest BCUT2D eigenvalue weighted by molar-refractivity contribution is 5.70. The second kappa shape index (κ2) is 8.75. The van der Waals surface area contributed by atoms with Crippen molar-refractivity contribution in [1.29, 1.82) is 0 Å². The van der Waals surface area contributed by atoms with Crippen LogP contribution in [-0.2, 0) is 23.8 Å². The molecule has 144 valence electrons. The van der Waals surface area contributed by atoms with Crippen LogP contribution in [0.25, 0.3) is 0 Å². The van der Waals surface area contributed by atoms with Crippen LogP contribution < -0.4 is 11.2 Å². The molecule has 0 saturated carbocycles. The van der Waals surface area contributed by atoms with Gasteiger partial charge in [-0.25, -0.2) is 4.79 Å². The van der Waals surface area contributed by atoms with Crippen LogP contribution in [0.1, 0.15) is 52.2 Å². The van der Waals surface area contributed by atoms with Gasteiger partial charge in [-0.3, -0.25) is 23.9 Å². The highest BCUT2D eigenvalue weighted by Gasteiger charge is 2.42. The van der Waals surface area contributed by atoms with Crippen molar-refractivity contribution in [3.8, 4) is 0 Å². The van der Waals surface area contributed by atoms with E-state index in [9.17, 15) is 23.6 Å². The van der Waals surface area contributed by atoms with Crippen molar-refractivity contribution in [1.82, 2.24) is 9.55 Å². The Balaban J connectivity index is 2.21. The minimum Gasteiger partial charge on any atom is -0.455 e. The molecular weight excluding hydrogens is 351 g/mol. The van der Waals surface area contributed by atoms with Crippen molar-refractivity contribution in [2.45, 2.75) is 64.6 Å². The number of aromatic nitrogens is 2. The third-order valence-corrected chi connectivity index (χ3v) is 3.70. The Morgan fingerprint density at radius 1 is 1.23 bits per heavy atom. The summed E-state index contributed by atoms with van der Waals surface area (Å²) in [4.78, 5) is 48.4. The van der Waals surface area contributed by atoms with E-state index >= 15 is 0 Å². The van der Waals surface area contributed by atoms with Gasteiger partial charge >= 0.3 is 17.6 Å². The van der Waals surface area contributed by atoms with Gasteiger partial charge < -0.3 is 14.2 Å². The van der Waals surface area contributed by atoms with Crippen molar-refractivity contribution >= 4 is 11.9 Å². The zero-order valence-corrected chi connectivity index (χ0v) is 14.5. The Bertz CT molecular complexity index is 745.